The highest BCUT2D eigenvalue weighted by Crippen LogP contribution is 2.35. The van der Waals surface area contributed by atoms with E-state index in [0.717, 1.165) is 17.0 Å². The first kappa shape index (κ1) is 24.6. The highest BCUT2D eigenvalue weighted by Gasteiger charge is 2.44. The molecule has 4 amide bonds. The molecule has 0 radical (unpaired) electrons. The van der Waals surface area contributed by atoms with Gasteiger partial charge in [-0.05, 0) is 48.2 Å². The molecule has 1 fully saturated rings. The summed E-state index contributed by atoms with van der Waals surface area (Å²) in [7, 11) is 0. The first-order valence-corrected chi connectivity index (χ1v) is 11.1. The number of piperidine rings is 1. The van der Waals surface area contributed by atoms with Crippen LogP contribution in [0.2, 0.25) is 5.02 Å². The summed E-state index contributed by atoms with van der Waals surface area (Å²) in [6.45, 7) is 0. The number of rotatable bonds is 6. The predicted octanol–water partition coefficient (Wildman–Crippen LogP) is 3.50. The number of alkyl halides is 3. The van der Waals surface area contributed by atoms with Crippen LogP contribution in [0.15, 0.2) is 36.4 Å². The summed E-state index contributed by atoms with van der Waals surface area (Å²) in [5.41, 5.74) is -0.0311. The number of hydrogen-bond donors (Lipinski definition) is 1. The van der Waals surface area contributed by atoms with Gasteiger partial charge in [0.1, 0.15) is 11.8 Å². The Labute approximate surface area is 202 Å². The van der Waals surface area contributed by atoms with Crippen molar-refractivity contribution < 1.29 is 37.1 Å². The molecule has 2 aliphatic rings. The van der Waals surface area contributed by atoms with E-state index in [0.29, 0.717) is 5.56 Å². The molecule has 0 bridgehead atoms. The molecular formula is C24H18ClF3N2O5. The van der Waals surface area contributed by atoms with Crippen molar-refractivity contribution in [1.29, 1.82) is 0 Å². The Morgan fingerprint density at radius 2 is 1.69 bits per heavy atom. The number of nitrogens with one attached hydrogen (secondary N) is 1. The zero-order chi connectivity index (χ0) is 25.5. The number of imide groups is 2. The summed E-state index contributed by atoms with van der Waals surface area (Å²) in [6.07, 6.45) is -4.60. The standard InChI is InChI=1S/C24H18ClF3N2O5/c25-18-6-3-13(11-17(18)24(26,27)28)9-14(31)4-1-12-2-5-15-16(10-12)23(35)30(22(15)34)19-7-8-20(32)29-21(19)33/h2-3,5-6,10-11,19H,1,4,7-9H2,(H,29,32,33). The lowest BCUT2D eigenvalue weighted by atomic mass is 9.99. The van der Waals surface area contributed by atoms with Crippen LogP contribution >= 0.6 is 11.6 Å². The molecule has 4 rings (SSSR count). The van der Waals surface area contributed by atoms with Crippen LogP contribution < -0.4 is 5.32 Å². The van der Waals surface area contributed by atoms with Crippen LogP contribution in [0, 0.1) is 0 Å². The second-order valence-corrected chi connectivity index (χ2v) is 8.76. The number of carbonyl (C=O) groups excluding carboxylic acids is 5. The third kappa shape index (κ3) is 4.97. The number of Topliss-reactive ketones (excluding diaryl/α,β-unsaturated/α-hetero) is 1. The van der Waals surface area contributed by atoms with Crippen LogP contribution in [0.5, 0.6) is 0 Å². The topological polar surface area (TPSA) is 101 Å². The second kappa shape index (κ2) is 9.26. The summed E-state index contributed by atoms with van der Waals surface area (Å²) in [5.74, 6) is -2.78. The minimum absolute atomic E-state index is 0.00174. The molecule has 0 saturated carbocycles. The average Bonchev–Trinajstić information content (AvgIpc) is 3.03. The van der Waals surface area contributed by atoms with Crippen molar-refractivity contribution in [2.24, 2.45) is 0 Å². The van der Waals surface area contributed by atoms with Crippen LogP contribution in [-0.4, -0.2) is 40.4 Å². The lowest BCUT2D eigenvalue weighted by Crippen LogP contribution is -2.54. The number of amides is 4. The summed E-state index contributed by atoms with van der Waals surface area (Å²) in [5, 5.41) is 1.67. The van der Waals surface area contributed by atoms with Gasteiger partial charge in [-0.2, -0.15) is 13.2 Å². The molecule has 2 aliphatic heterocycles. The van der Waals surface area contributed by atoms with Gasteiger partial charge >= 0.3 is 6.18 Å². The zero-order valence-corrected chi connectivity index (χ0v) is 18.8. The first-order valence-electron chi connectivity index (χ1n) is 10.7. The van der Waals surface area contributed by atoms with Crippen LogP contribution in [0.3, 0.4) is 0 Å². The van der Waals surface area contributed by atoms with Crippen molar-refractivity contribution in [2.45, 2.75) is 44.3 Å². The third-order valence-corrected chi connectivity index (χ3v) is 6.26. The molecule has 35 heavy (non-hydrogen) atoms. The number of halogens is 4. The van der Waals surface area contributed by atoms with E-state index in [1.54, 1.807) is 6.07 Å². The number of benzene rings is 2. The van der Waals surface area contributed by atoms with Crippen LogP contribution in [0.1, 0.15) is 56.7 Å². The number of fused-ring (bicyclic) bond motifs is 1. The van der Waals surface area contributed by atoms with E-state index in [4.69, 9.17) is 11.6 Å². The highest BCUT2D eigenvalue weighted by atomic mass is 35.5. The summed E-state index contributed by atoms with van der Waals surface area (Å²) in [6, 6.07) is 6.72. The van der Waals surface area contributed by atoms with Gasteiger partial charge in [-0.25, -0.2) is 0 Å². The van der Waals surface area contributed by atoms with Gasteiger partial charge in [-0.15, -0.1) is 0 Å². The lowest BCUT2D eigenvalue weighted by Gasteiger charge is -2.27. The molecule has 1 saturated heterocycles. The van der Waals surface area contributed by atoms with Gasteiger partial charge in [0.2, 0.25) is 11.8 Å². The van der Waals surface area contributed by atoms with E-state index in [9.17, 15) is 37.1 Å². The van der Waals surface area contributed by atoms with Gasteiger partial charge in [-0.3, -0.25) is 34.2 Å². The maximum atomic E-state index is 13.0. The van der Waals surface area contributed by atoms with Crippen LogP contribution in [-0.2, 0) is 33.4 Å². The van der Waals surface area contributed by atoms with Crippen molar-refractivity contribution in [3.05, 3.63) is 69.2 Å². The second-order valence-electron chi connectivity index (χ2n) is 8.35. The van der Waals surface area contributed by atoms with Gasteiger partial charge in [0.05, 0.1) is 21.7 Å². The Bertz CT molecular complexity index is 1270. The maximum absolute atomic E-state index is 13.0. The van der Waals surface area contributed by atoms with Gasteiger partial charge in [-0.1, -0.05) is 23.7 Å². The Kier molecular flexibility index (Phi) is 6.50. The molecule has 2 aromatic carbocycles. The van der Waals surface area contributed by atoms with Gasteiger partial charge < -0.3 is 0 Å². The Morgan fingerprint density at radius 1 is 1.00 bits per heavy atom. The molecular weight excluding hydrogens is 489 g/mol. The van der Waals surface area contributed by atoms with Crippen molar-refractivity contribution >= 4 is 41.0 Å². The van der Waals surface area contributed by atoms with Crippen molar-refractivity contribution in [3.8, 4) is 0 Å². The number of hydrogen-bond acceptors (Lipinski definition) is 5. The molecule has 1 N–H and O–H groups in total. The monoisotopic (exact) mass is 506 g/mol. The molecule has 11 heteroatoms. The largest absolute Gasteiger partial charge is 0.417 e. The smallest absolute Gasteiger partial charge is 0.299 e. The minimum Gasteiger partial charge on any atom is -0.299 e. The molecule has 182 valence electrons. The van der Waals surface area contributed by atoms with Gasteiger partial charge in [0.25, 0.3) is 11.8 Å². The molecule has 1 atom stereocenters. The fourth-order valence-electron chi connectivity index (χ4n) is 4.17. The van der Waals surface area contributed by atoms with E-state index < -0.39 is 46.4 Å². The zero-order valence-electron chi connectivity index (χ0n) is 18.1. The van der Waals surface area contributed by atoms with Gasteiger partial charge in [0.15, 0.2) is 0 Å². The number of nitrogens with zero attached hydrogens (tertiary/aromatic N) is 1. The predicted molar refractivity (Wildman–Crippen MR) is 117 cm³/mol. The normalized spacial score (nSPS) is 18.1. The summed E-state index contributed by atoms with van der Waals surface area (Å²) < 4.78 is 39.1. The molecule has 2 heterocycles. The van der Waals surface area contributed by atoms with Crippen molar-refractivity contribution in [3.63, 3.8) is 0 Å². The Morgan fingerprint density at radius 3 is 2.37 bits per heavy atom. The fourth-order valence-corrected chi connectivity index (χ4v) is 4.40. The molecule has 0 spiro atoms. The van der Waals surface area contributed by atoms with E-state index in [-0.39, 0.29) is 54.6 Å². The SMILES string of the molecule is O=C(CCc1ccc2c(c1)C(=O)N(C1CCC(=O)NC1=O)C2=O)Cc1ccc(Cl)c(C(F)(F)F)c1. The molecule has 7 nitrogen and oxygen atoms in total. The molecule has 2 aromatic rings. The minimum atomic E-state index is -4.63. The van der Waals surface area contributed by atoms with Gasteiger partial charge in [0, 0.05) is 19.3 Å². The summed E-state index contributed by atoms with van der Waals surface area (Å²) >= 11 is 5.60. The molecule has 0 aliphatic carbocycles. The van der Waals surface area contributed by atoms with Crippen molar-refractivity contribution in [2.75, 3.05) is 0 Å². The number of carbonyl (C=O) groups is 5. The Balaban J connectivity index is 1.43. The maximum Gasteiger partial charge on any atom is 0.417 e. The highest BCUT2D eigenvalue weighted by molar-refractivity contribution is 6.31. The average molecular weight is 507 g/mol. The fraction of sp³-hybridized carbons (Fsp3) is 0.292. The quantitative estimate of drug-likeness (QED) is 0.604. The van der Waals surface area contributed by atoms with Crippen LogP contribution in [0.4, 0.5) is 13.2 Å². The number of ketones is 1. The third-order valence-electron chi connectivity index (χ3n) is 5.93. The molecule has 1 unspecified atom stereocenters. The van der Waals surface area contributed by atoms with E-state index in [1.807, 2.05) is 0 Å². The Hall–Kier alpha value is -3.53. The lowest BCUT2D eigenvalue weighted by molar-refractivity contribution is -0.138. The number of aryl methyl sites for hydroxylation is 1. The van der Waals surface area contributed by atoms with E-state index in [1.165, 1.54) is 18.2 Å². The summed E-state index contributed by atoms with van der Waals surface area (Å²) in [4.78, 5) is 62.4. The molecule has 0 aromatic heterocycles. The first-order chi connectivity index (χ1) is 16.5. The van der Waals surface area contributed by atoms with E-state index >= 15 is 0 Å². The van der Waals surface area contributed by atoms with E-state index in [2.05, 4.69) is 5.32 Å². The van der Waals surface area contributed by atoms with Crippen molar-refractivity contribution in [1.82, 2.24) is 10.2 Å². The van der Waals surface area contributed by atoms with Crippen LogP contribution in [0.25, 0.3) is 0 Å².